The van der Waals surface area contributed by atoms with Gasteiger partial charge in [0.1, 0.15) is 34.8 Å². The van der Waals surface area contributed by atoms with E-state index in [1.54, 1.807) is 0 Å². The summed E-state index contributed by atoms with van der Waals surface area (Å²) in [6, 6.07) is 1.91. The Balaban J connectivity index is 1.54. The fourth-order valence-electron chi connectivity index (χ4n) is 5.60. The first kappa shape index (κ1) is 25.6. The van der Waals surface area contributed by atoms with Gasteiger partial charge in [0.25, 0.3) is 8.53 Å². The molecule has 2 saturated carbocycles. The van der Waals surface area contributed by atoms with Gasteiger partial charge in [-0.05, 0) is 27.7 Å². The van der Waals surface area contributed by atoms with Crippen molar-refractivity contribution in [2.24, 2.45) is 0 Å². The molecule has 3 aliphatic rings. The second kappa shape index (κ2) is 8.75. The van der Waals surface area contributed by atoms with Crippen LogP contribution in [-0.2, 0) is 13.8 Å². The number of hydrogen-bond donors (Lipinski definition) is 2. The summed E-state index contributed by atoms with van der Waals surface area (Å²) in [5, 5.41) is 20.1. The lowest BCUT2D eigenvalue weighted by atomic mass is 9.90. The molecule has 1 unspecified atom stereocenters. The number of imidazole rings is 1. The lowest BCUT2D eigenvalue weighted by Crippen LogP contribution is -2.50. The van der Waals surface area contributed by atoms with Gasteiger partial charge in [-0.15, -0.1) is 0 Å². The number of alkyl halides is 2. The van der Waals surface area contributed by atoms with Crippen LogP contribution in [0.5, 0.6) is 0 Å². The number of halogens is 2. The molecule has 2 aromatic rings. The Morgan fingerprint density at radius 1 is 1.33 bits per heavy atom. The minimum Gasteiger partial charge on any atom is -0.384 e. The number of hydrogen-bond acceptors (Lipinski definition) is 10. The number of nitrogen functional groups attached to an aromatic ring is 1. The molecule has 2 aliphatic carbocycles. The number of anilines is 1. The molecule has 0 radical (unpaired) electrons. The van der Waals surface area contributed by atoms with Crippen molar-refractivity contribution >= 4 is 25.5 Å². The number of fused-ring (bicyclic) bond motifs is 4. The van der Waals surface area contributed by atoms with Crippen LogP contribution in [0.25, 0.3) is 11.2 Å². The summed E-state index contributed by atoms with van der Waals surface area (Å²) < 4.78 is 53.9. The van der Waals surface area contributed by atoms with E-state index in [1.165, 1.54) is 17.2 Å². The zero-order valence-electron chi connectivity index (χ0n) is 20.5. The van der Waals surface area contributed by atoms with Crippen molar-refractivity contribution in [2.45, 2.75) is 94.4 Å². The third kappa shape index (κ3) is 3.61. The van der Waals surface area contributed by atoms with Crippen LogP contribution in [0.1, 0.15) is 53.2 Å². The zero-order valence-corrected chi connectivity index (χ0v) is 21.4. The molecular weight excluding hydrogens is 495 g/mol. The van der Waals surface area contributed by atoms with Crippen molar-refractivity contribution in [3.63, 3.8) is 0 Å². The summed E-state index contributed by atoms with van der Waals surface area (Å²) in [6.45, 7) is 7.84. The molecule has 196 valence electrons. The average molecular weight is 525 g/mol. The number of ether oxygens (including phenoxy) is 1. The fourth-order valence-corrected chi connectivity index (χ4v) is 7.44. The molecule has 3 N–H and O–H groups in total. The summed E-state index contributed by atoms with van der Waals surface area (Å²) in [5.74, 6) is 0.126. The number of nitrogens with zero attached hydrogens (tertiary/aromatic N) is 6. The monoisotopic (exact) mass is 525 g/mol. The van der Waals surface area contributed by atoms with Crippen molar-refractivity contribution in [1.82, 2.24) is 24.2 Å². The minimum atomic E-state index is -2.02. The predicted molar refractivity (Wildman–Crippen MR) is 126 cm³/mol. The highest BCUT2D eigenvalue weighted by atomic mass is 31.2. The first-order valence-electron chi connectivity index (χ1n) is 11.9. The van der Waals surface area contributed by atoms with Crippen LogP contribution in [-0.4, -0.2) is 77.1 Å². The molecule has 36 heavy (non-hydrogen) atoms. The van der Waals surface area contributed by atoms with Crippen molar-refractivity contribution < 1.29 is 27.7 Å². The van der Waals surface area contributed by atoms with E-state index in [0.29, 0.717) is 0 Å². The Morgan fingerprint density at radius 2 is 2.06 bits per heavy atom. The van der Waals surface area contributed by atoms with E-state index in [2.05, 4.69) is 15.0 Å². The van der Waals surface area contributed by atoms with Gasteiger partial charge in [0.05, 0.1) is 25.4 Å². The molecule has 3 heterocycles. The molecule has 11 nitrogen and oxygen atoms in total. The molecule has 0 aromatic carbocycles. The Hall–Kier alpha value is -2.07. The molecule has 0 bridgehead atoms. The second-order valence-corrected chi connectivity index (χ2v) is 11.6. The van der Waals surface area contributed by atoms with Crippen LogP contribution >= 0.6 is 8.53 Å². The topological polar surface area (TPSA) is 145 Å². The van der Waals surface area contributed by atoms with Crippen LogP contribution in [0.15, 0.2) is 12.7 Å². The molecule has 3 fully saturated rings. The van der Waals surface area contributed by atoms with E-state index >= 15 is 8.78 Å². The minimum absolute atomic E-state index is 0.0557. The SMILES string of the molecule is CC(C)N(C(C)C)P(OCCC#N)O[C@]12C[C@]3(F)C[C@]3(O)[C@H]1O[C@@H](n1cnc3c(N)ncnc31)[C@@H]2F. The van der Waals surface area contributed by atoms with E-state index in [-0.39, 0.29) is 48.5 Å². The van der Waals surface area contributed by atoms with Crippen molar-refractivity contribution in [1.29, 1.82) is 5.26 Å². The van der Waals surface area contributed by atoms with E-state index in [4.69, 9.17) is 24.8 Å². The fraction of sp³-hybridized carbons (Fsp3) is 0.727. The highest BCUT2D eigenvalue weighted by Crippen LogP contribution is 2.73. The van der Waals surface area contributed by atoms with Gasteiger partial charge in [0.2, 0.25) is 0 Å². The molecule has 0 amide bonds. The largest absolute Gasteiger partial charge is 0.384 e. The smallest absolute Gasteiger partial charge is 0.260 e. The van der Waals surface area contributed by atoms with Crippen LogP contribution in [0.2, 0.25) is 0 Å². The Kier molecular flexibility index (Phi) is 6.22. The van der Waals surface area contributed by atoms with Crippen LogP contribution < -0.4 is 5.73 Å². The summed E-state index contributed by atoms with van der Waals surface area (Å²) in [6.07, 6.45) is -2.37. The first-order chi connectivity index (χ1) is 17.0. The molecule has 5 rings (SSSR count). The number of aromatic nitrogens is 4. The van der Waals surface area contributed by atoms with Crippen LogP contribution in [0.3, 0.4) is 0 Å². The van der Waals surface area contributed by atoms with E-state index in [9.17, 15) is 5.11 Å². The average Bonchev–Trinajstić information content (AvgIpc) is 3.09. The van der Waals surface area contributed by atoms with Gasteiger partial charge < -0.3 is 24.6 Å². The Bertz CT molecular complexity index is 1190. The van der Waals surface area contributed by atoms with Gasteiger partial charge in [0.15, 0.2) is 23.9 Å². The van der Waals surface area contributed by atoms with Gasteiger partial charge in [-0.1, -0.05) is 0 Å². The van der Waals surface area contributed by atoms with E-state index in [0.717, 1.165) is 0 Å². The van der Waals surface area contributed by atoms with E-state index < -0.39 is 50.3 Å². The molecule has 2 aromatic heterocycles. The number of rotatable bonds is 9. The normalized spacial score (nSPS) is 36.0. The van der Waals surface area contributed by atoms with Gasteiger partial charge in [-0.3, -0.25) is 4.57 Å². The Labute approximate surface area is 208 Å². The molecule has 14 heteroatoms. The number of nitriles is 1. The molecule has 1 saturated heterocycles. The summed E-state index contributed by atoms with van der Waals surface area (Å²) in [4.78, 5) is 12.3. The van der Waals surface area contributed by atoms with Gasteiger partial charge in [-0.2, -0.15) is 5.26 Å². The zero-order chi connectivity index (χ0) is 26.0. The number of aliphatic hydroxyl groups is 1. The van der Waals surface area contributed by atoms with Crippen molar-refractivity contribution in [3.05, 3.63) is 12.7 Å². The molecule has 1 aliphatic heterocycles. The van der Waals surface area contributed by atoms with Gasteiger partial charge in [0, 0.05) is 24.9 Å². The standard InChI is InChI=1S/C22H30F2N7O4P/c1-12(2)31(13(3)4)36(33-7-5-6-25)35-21-8-20(24)9-22(20,32)19(21)34-18(15(21)23)30-11-29-14-16(26)27-10-28-17(14)30/h10-13,15,18-19,32H,5,7-9H2,1-4H3,(H2,26,27,28)/t15-,18+,19-,20-,21-,22-,36?/m0/s1. The van der Waals surface area contributed by atoms with Gasteiger partial charge in [-0.25, -0.2) is 28.4 Å². The third-order valence-electron chi connectivity index (χ3n) is 7.20. The molecular formula is C22H30F2N7O4P. The van der Waals surface area contributed by atoms with Crippen LogP contribution in [0, 0.1) is 11.3 Å². The first-order valence-corrected chi connectivity index (χ1v) is 13.0. The van der Waals surface area contributed by atoms with E-state index in [1.807, 2.05) is 38.4 Å². The maximum Gasteiger partial charge on any atom is 0.260 e. The highest BCUT2D eigenvalue weighted by Gasteiger charge is 2.88. The van der Waals surface area contributed by atoms with Crippen molar-refractivity contribution in [3.8, 4) is 6.07 Å². The lowest BCUT2D eigenvalue weighted by Gasteiger charge is -2.41. The summed E-state index contributed by atoms with van der Waals surface area (Å²) in [5.41, 5.74) is 0.669. The lowest BCUT2D eigenvalue weighted by molar-refractivity contribution is -0.104. The Morgan fingerprint density at radius 3 is 2.72 bits per heavy atom. The second-order valence-electron chi connectivity index (χ2n) is 10.2. The maximum absolute atomic E-state index is 16.6. The maximum atomic E-state index is 16.6. The molecule has 7 atom stereocenters. The quantitative estimate of drug-likeness (QED) is 0.370. The summed E-state index contributed by atoms with van der Waals surface area (Å²) in [7, 11) is -1.94. The van der Waals surface area contributed by atoms with Gasteiger partial charge >= 0.3 is 0 Å². The summed E-state index contributed by atoms with van der Waals surface area (Å²) >= 11 is 0. The third-order valence-corrected chi connectivity index (χ3v) is 9.40. The molecule has 0 spiro atoms. The predicted octanol–water partition coefficient (Wildman–Crippen LogP) is 2.92. The van der Waals surface area contributed by atoms with Crippen LogP contribution in [0.4, 0.5) is 14.6 Å². The highest BCUT2D eigenvalue weighted by molar-refractivity contribution is 7.44. The number of nitrogens with two attached hydrogens (primary N) is 1. The van der Waals surface area contributed by atoms with Crippen molar-refractivity contribution in [2.75, 3.05) is 12.3 Å².